The molecule has 0 N–H and O–H groups in total. The van der Waals surface area contributed by atoms with Gasteiger partial charge in [0.05, 0.1) is 31.3 Å². The lowest BCUT2D eigenvalue weighted by Gasteiger charge is -2.45. The molecule has 4 aromatic carbocycles. The Balaban J connectivity index is 1.34. The van der Waals surface area contributed by atoms with Gasteiger partial charge in [0.25, 0.3) is 0 Å². The number of ether oxygens (including phenoxy) is 6. The Labute approximate surface area is 303 Å². The third-order valence-corrected chi connectivity index (χ3v) is 10.3. The molecule has 0 saturated carbocycles. The number of hydrogen-bond donors (Lipinski definition) is 0. The summed E-state index contributed by atoms with van der Waals surface area (Å²) in [5, 5.41) is 0. The van der Waals surface area contributed by atoms with Crippen molar-refractivity contribution in [1.29, 1.82) is 0 Å². The molecule has 0 amide bonds. The molecule has 270 valence electrons. The molecule has 2 aliphatic rings. The van der Waals surface area contributed by atoms with Crippen LogP contribution in [0.15, 0.2) is 97.1 Å². The molecular weight excluding hydrogens is 640 g/mol. The van der Waals surface area contributed by atoms with Gasteiger partial charge in [0, 0.05) is 5.92 Å². The molecule has 1 fully saturated rings. The molecule has 0 spiro atoms. The highest BCUT2D eigenvalue weighted by atomic mass is 16.6. The summed E-state index contributed by atoms with van der Waals surface area (Å²) in [4.78, 5) is 13.0. The van der Waals surface area contributed by atoms with Gasteiger partial charge in [-0.1, -0.05) is 120 Å². The van der Waals surface area contributed by atoms with Crippen LogP contribution in [0.4, 0.5) is 0 Å². The summed E-state index contributed by atoms with van der Waals surface area (Å²) >= 11 is 0. The first-order chi connectivity index (χ1) is 24.8. The van der Waals surface area contributed by atoms with Crippen LogP contribution in [0.2, 0.25) is 0 Å². The summed E-state index contributed by atoms with van der Waals surface area (Å²) in [6.45, 7) is 12.4. The van der Waals surface area contributed by atoms with Crippen LogP contribution in [0.3, 0.4) is 0 Å². The number of fused-ring (bicyclic) bond motifs is 1. The zero-order valence-corrected chi connectivity index (χ0v) is 30.6. The van der Waals surface area contributed by atoms with Crippen LogP contribution in [0, 0.1) is 17.8 Å². The molecule has 0 aliphatic carbocycles. The van der Waals surface area contributed by atoms with Crippen molar-refractivity contribution in [1.82, 2.24) is 0 Å². The first-order valence-electron chi connectivity index (χ1n) is 18.4. The highest BCUT2D eigenvalue weighted by molar-refractivity contribution is 5.72. The SMILES string of the molecule is CCc1ccc([C@@H]2O[C@H](COC(=O)[C@H](C)C(C)C)[C@@H](C)[C@H](OCc3ccccc3)[C@H]2OCc2ccccc2)cc1Cc1ccc2c(c1)OCCO2. The van der Waals surface area contributed by atoms with E-state index in [1.165, 1.54) is 11.1 Å². The minimum atomic E-state index is -0.471. The Morgan fingerprint density at radius 3 is 2.04 bits per heavy atom. The Morgan fingerprint density at radius 2 is 1.39 bits per heavy atom. The maximum atomic E-state index is 13.0. The van der Waals surface area contributed by atoms with Crippen LogP contribution in [0.1, 0.15) is 74.1 Å². The van der Waals surface area contributed by atoms with Crippen LogP contribution in [-0.2, 0) is 49.8 Å². The first kappa shape index (κ1) is 36.6. The normalized spacial score (nSPS) is 22.0. The van der Waals surface area contributed by atoms with E-state index in [9.17, 15) is 4.79 Å². The van der Waals surface area contributed by atoms with Crippen molar-refractivity contribution in [3.63, 3.8) is 0 Å². The van der Waals surface area contributed by atoms with Gasteiger partial charge in [-0.25, -0.2) is 0 Å². The standard InChI is InChI=1S/C44H52O7/c1-6-35-18-19-36(25-37(35)23-34-17-20-38-39(24-34)47-22-21-46-38)42-43(49-27-33-15-11-8-12-16-33)41(48-26-32-13-9-7-10-14-32)31(5)40(51-42)28-50-44(45)30(4)29(2)3/h7-20,24-25,29-31,40-43H,6,21-23,26-28H2,1-5H3/t30-,31-,40-,41+,42+,43-/m1/s1. The lowest BCUT2D eigenvalue weighted by atomic mass is 9.84. The Kier molecular flexibility index (Phi) is 12.5. The van der Waals surface area contributed by atoms with Gasteiger partial charge in [-0.2, -0.15) is 0 Å². The highest BCUT2D eigenvalue weighted by Crippen LogP contribution is 2.41. The minimum absolute atomic E-state index is 0.125. The monoisotopic (exact) mass is 692 g/mol. The highest BCUT2D eigenvalue weighted by Gasteiger charge is 2.46. The second-order valence-electron chi connectivity index (χ2n) is 14.2. The molecule has 7 nitrogen and oxygen atoms in total. The predicted octanol–water partition coefficient (Wildman–Crippen LogP) is 8.69. The van der Waals surface area contributed by atoms with Gasteiger partial charge in [0.15, 0.2) is 11.5 Å². The molecule has 4 aromatic rings. The van der Waals surface area contributed by atoms with E-state index in [0.717, 1.165) is 46.6 Å². The number of carbonyl (C=O) groups is 1. The molecule has 0 radical (unpaired) electrons. The number of rotatable bonds is 14. The van der Waals surface area contributed by atoms with Crippen molar-refractivity contribution in [2.24, 2.45) is 17.8 Å². The van der Waals surface area contributed by atoms with Gasteiger partial charge < -0.3 is 28.4 Å². The maximum Gasteiger partial charge on any atom is 0.308 e. The topological polar surface area (TPSA) is 72.5 Å². The molecule has 2 aliphatic heterocycles. The van der Waals surface area contributed by atoms with E-state index < -0.39 is 18.3 Å². The summed E-state index contributed by atoms with van der Waals surface area (Å²) < 4.78 is 38.3. The quantitative estimate of drug-likeness (QED) is 0.123. The number of aryl methyl sites for hydroxylation is 1. The summed E-state index contributed by atoms with van der Waals surface area (Å²) in [5.74, 6) is 1.20. The predicted molar refractivity (Wildman–Crippen MR) is 198 cm³/mol. The van der Waals surface area contributed by atoms with Gasteiger partial charge >= 0.3 is 5.97 Å². The van der Waals surface area contributed by atoms with Crippen LogP contribution < -0.4 is 9.47 Å². The van der Waals surface area contributed by atoms with Crippen molar-refractivity contribution in [2.45, 2.75) is 85.1 Å². The van der Waals surface area contributed by atoms with Gasteiger partial charge in [-0.3, -0.25) is 4.79 Å². The van der Waals surface area contributed by atoms with Crippen LogP contribution >= 0.6 is 0 Å². The fraction of sp³-hybridized carbons (Fsp3) is 0.432. The Bertz CT molecular complexity index is 1710. The van der Waals surface area contributed by atoms with Crippen LogP contribution in [-0.4, -0.2) is 44.1 Å². The number of esters is 1. The van der Waals surface area contributed by atoms with Gasteiger partial charge in [0.1, 0.15) is 32.0 Å². The molecular formula is C44H52O7. The Morgan fingerprint density at radius 1 is 0.745 bits per heavy atom. The van der Waals surface area contributed by atoms with Crippen LogP contribution in [0.5, 0.6) is 11.5 Å². The average Bonchev–Trinajstić information content (AvgIpc) is 3.16. The van der Waals surface area contributed by atoms with Crippen molar-refractivity contribution in [3.05, 3.63) is 130 Å². The first-order valence-corrected chi connectivity index (χ1v) is 18.4. The minimum Gasteiger partial charge on any atom is -0.486 e. The van der Waals surface area contributed by atoms with E-state index in [2.05, 4.69) is 68.4 Å². The second-order valence-corrected chi connectivity index (χ2v) is 14.2. The fourth-order valence-corrected chi connectivity index (χ4v) is 6.81. The molecule has 51 heavy (non-hydrogen) atoms. The largest absolute Gasteiger partial charge is 0.486 e. The molecule has 7 heteroatoms. The van der Waals surface area contributed by atoms with Gasteiger partial charge in [-0.15, -0.1) is 0 Å². The van der Waals surface area contributed by atoms with Crippen molar-refractivity contribution in [2.75, 3.05) is 19.8 Å². The van der Waals surface area contributed by atoms with Crippen molar-refractivity contribution in [3.8, 4) is 11.5 Å². The molecule has 0 unspecified atom stereocenters. The second kappa shape index (κ2) is 17.4. The lowest BCUT2D eigenvalue weighted by molar-refractivity contribution is -0.242. The van der Waals surface area contributed by atoms with Gasteiger partial charge in [0.2, 0.25) is 0 Å². The maximum absolute atomic E-state index is 13.0. The van der Waals surface area contributed by atoms with Crippen molar-refractivity contribution < 1.29 is 33.2 Å². The zero-order valence-electron chi connectivity index (χ0n) is 30.6. The molecule has 1 saturated heterocycles. The van der Waals surface area contributed by atoms with E-state index in [-0.39, 0.29) is 36.4 Å². The number of benzene rings is 4. The van der Waals surface area contributed by atoms with E-state index in [1.54, 1.807) is 0 Å². The molecule has 6 rings (SSSR count). The lowest BCUT2D eigenvalue weighted by Crippen LogP contribution is -2.53. The third-order valence-electron chi connectivity index (χ3n) is 10.3. The van der Waals surface area contributed by atoms with E-state index in [0.29, 0.717) is 26.4 Å². The summed E-state index contributed by atoms with van der Waals surface area (Å²) in [6.07, 6.45) is -0.0174. The van der Waals surface area contributed by atoms with Crippen molar-refractivity contribution >= 4 is 5.97 Å². The summed E-state index contributed by atoms with van der Waals surface area (Å²) in [5.41, 5.74) is 6.79. The van der Waals surface area contributed by atoms with E-state index in [4.69, 9.17) is 28.4 Å². The third kappa shape index (κ3) is 9.20. The number of carbonyl (C=O) groups excluding carboxylic acids is 1. The molecule has 0 bridgehead atoms. The average molecular weight is 693 g/mol. The Hall–Kier alpha value is -4.17. The fourth-order valence-electron chi connectivity index (χ4n) is 6.81. The summed E-state index contributed by atoms with van der Waals surface area (Å²) in [6, 6.07) is 33.2. The van der Waals surface area contributed by atoms with E-state index in [1.807, 2.05) is 63.2 Å². The molecule has 0 aromatic heterocycles. The molecule has 6 atom stereocenters. The van der Waals surface area contributed by atoms with E-state index >= 15 is 0 Å². The molecule has 2 heterocycles. The summed E-state index contributed by atoms with van der Waals surface area (Å²) in [7, 11) is 0. The van der Waals surface area contributed by atoms with Crippen LogP contribution in [0.25, 0.3) is 0 Å². The van der Waals surface area contributed by atoms with Gasteiger partial charge in [-0.05, 0) is 64.3 Å². The number of hydrogen-bond acceptors (Lipinski definition) is 7. The zero-order chi connectivity index (χ0) is 35.7. The smallest absolute Gasteiger partial charge is 0.308 e.